The number of nitro groups is 1. The summed E-state index contributed by atoms with van der Waals surface area (Å²) in [6, 6.07) is 14.1. The van der Waals surface area contributed by atoms with Gasteiger partial charge < -0.3 is 14.5 Å². The summed E-state index contributed by atoms with van der Waals surface area (Å²) in [5.74, 6) is 0.108. The fourth-order valence-electron chi connectivity index (χ4n) is 2.12. The van der Waals surface area contributed by atoms with Crippen LogP contribution in [0, 0.1) is 15.9 Å². The predicted molar refractivity (Wildman–Crippen MR) is 90.5 cm³/mol. The van der Waals surface area contributed by atoms with E-state index in [0.717, 1.165) is 0 Å². The molecule has 0 saturated carbocycles. The zero-order valence-electron chi connectivity index (χ0n) is 13.3. The highest BCUT2D eigenvalue weighted by molar-refractivity contribution is 6.02. The molecule has 0 aliphatic carbocycles. The molecule has 1 heterocycles. The lowest BCUT2D eigenvalue weighted by Gasteiger charge is -2.04. The summed E-state index contributed by atoms with van der Waals surface area (Å²) in [5, 5.41) is 13.2. The van der Waals surface area contributed by atoms with E-state index in [4.69, 9.17) is 9.15 Å². The molecule has 1 aromatic heterocycles. The number of carbonyl (C=O) groups is 1. The zero-order chi connectivity index (χ0) is 18.5. The Morgan fingerprint density at radius 3 is 2.42 bits per heavy atom. The Hall–Kier alpha value is -3.68. The van der Waals surface area contributed by atoms with Crippen LogP contribution >= 0.6 is 0 Å². The van der Waals surface area contributed by atoms with E-state index in [1.807, 2.05) is 0 Å². The molecule has 0 radical (unpaired) electrons. The molecule has 0 fully saturated rings. The van der Waals surface area contributed by atoms with Crippen molar-refractivity contribution in [2.45, 2.75) is 6.61 Å². The zero-order valence-corrected chi connectivity index (χ0v) is 13.3. The Labute approximate surface area is 147 Å². The van der Waals surface area contributed by atoms with Crippen molar-refractivity contribution >= 4 is 17.3 Å². The van der Waals surface area contributed by atoms with E-state index in [1.54, 1.807) is 6.07 Å². The Bertz CT molecular complexity index is 920. The van der Waals surface area contributed by atoms with E-state index in [9.17, 15) is 19.3 Å². The van der Waals surface area contributed by atoms with Crippen LogP contribution in [0.2, 0.25) is 0 Å². The molecular weight excluding hydrogens is 343 g/mol. The second-order valence-electron chi connectivity index (χ2n) is 5.27. The number of halogens is 1. The van der Waals surface area contributed by atoms with Crippen LogP contribution in [0.25, 0.3) is 0 Å². The Balaban J connectivity index is 1.58. The number of amides is 1. The van der Waals surface area contributed by atoms with Gasteiger partial charge in [-0.05, 0) is 48.5 Å². The highest BCUT2D eigenvalue weighted by Gasteiger charge is 2.13. The molecule has 0 aliphatic rings. The maximum absolute atomic E-state index is 12.8. The molecule has 26 heavy (non-hydrogen) atoms. The molecule has 3 aromatic rings. The van der Waals surface area contributed by atoms with Gasteiger partial charge in [0, 0.05) is 17.8 Å². The molecule has 2 aromatic carbocycles. The number of furan rings is 1. The van der Waals surface area contributed by atoms with E-state index in [1.165, 1.54) is 54.6 Å². The van der Waals surface area contributed by atoms with Gasteiger partial charge in [-0.3, -0.25) is 14.9 Å². The summed E-state index contributed by atoms with van der Waals surface area (Å²) >= 11 is 0. The number of non-ortho nitro benzene ring substituents is 1. The second kappa shape index (κ2) is 7.47. The first kappa shape index (κ1) is 17.2. The van der Waals surface area contributed by atoms with Gasteiger partial charge in [0.2, 0.25) is 0 Å². The van der Waals surface area contributed by atoms with Crippen molar-refractivity contribution in [2.24, 2.45) is 0 Å². The predicted octanol–water partition coefficient (Wildman–Crippen LogP) is 4.16. The van der Waals surface area contributed by atoms with E-state index in [-0.39, 0.29) is 23.9 Å². The number of hydrogen-bond acceptors (Lipinski definition) is 5. The summed E-state index contributed by atoms with van der Waals surface area (Å²) in [7, 11) is 0. The van der Waals surface area contributed by atoms with Gasteiger partial charge in [-0.1, -0.05) is 0 Å². The first-order chi connectivity index (χ1) is 12.5. The maximum Gasteiger partial charge on any atom is 0.291 e. The average molecular weight is 356 g/mol. The van der Waals surface area contributed by atoms with Crippen LogP contribution in [0.1, 0.15) is 16.3 Å². The molecule has 8 heteroatoms. The molecule has 0 spiro atoms. The van der Waals surface area contributed by atoms with Crippen LogP contribution in [0.4, 0.5) is 15.8 Å². The van der Waals surface area contributed by atoms with Crippen molar-refractivity contribution in [2.75, 3.05) is 5.32 Å². The largest absolute Gasteiger partial charge is 0.486 e. The minimum absolute atomic E-state index is 0.0683. The quantitative estimate of drug-likeness (QED) is 0.529. The van der Waals surface area contributed by atoms with Crippen molar-refractivity contribution in [3.05, 3.63) is 88.1 Å². The molecule has 0 unspecified atom stereocenters. The molecule has 3 rings (SSSR count). The lowest BCUT2D eigenvalue weighted by atomic mass is 10.3. The SMILES string of the molecule is O=C(Nc1ccc([N+](=O)[O-])cc1)c1ccc(COc2ccc(F)cc2)o1. The van der Waals surface area contributed by atoms with E-state index < -0.39 is 10.8 Å². The smallest absolute Gasteiger partial charge is 0.291 e. The van der Waals surface area contributed by atoms with Crippen LogP contribution in [-0.4, -0.2) is 10.8 Å². The van der Waals surface area contributed by atoms with Crippen LogP contribution in [0.5, 0.6) is 5.75 Å². The molecular formula is C18H13FN2O5. The van der Waals surface area contributed by atoms with Crippen molar-refractivity contribution in [1.82, 2.24) is 0 Å². The highest BCUT2D eigenvalue weighted by Crippen LogP contribution is 2.18. The molecule has 7 nitrogen and oxygen atoms in total. The number of hydrogen-bond donors (Lipinski definition) is 1. The molecule has 0 saturated heterocycles. The fourth-order valence-corrected chi connectivity index (χ4v) is 2.12. The summed E-state index contributed by atoms with van der Waals surface area (Å²) in [4.78, 5) is 22.2. The number of ether oxygens (including phenoxy) is 1. The van der Waals surface area contributed by atoms with Crippen molar-refractivity contribution in [3.63, 3.8) is 0 Å². The maximum atomic E-state index is 12.8. The van der Waals surface area contributed by atoms with Gasteiger partial charge in [0.25, 0.3) is 11.6 Å². The number of carbonyl (C=O) groups excluding carboxylic acids is 1. The third-order valence-corrected chi connectivity index (χ3v) is 3.42. The number of nitro benzene ring substituents is 1. The lowest BCUT2D eigenvalue weighted by molar-refractivity contribution is -0.384. The first-order valence-electron chi connectivity index (χ1n) is 7.54. The second-order valence-corrected chi connectivity index (χ2v) is 5.27. The summed E-state index contributed by atoms with van der Waals surface area (Å²) in [6.07, 6.45) is 0. The van der Waals surface area contributed by atoms with E-state index in [2.05, 4.69) is 5.32 Å². The van der Waals surface area contributed by atoms with Crippen molar-refractivity contribution < 1.29 is 23.3 Å². The van der Waals surface area contributed by atoms with E-state index >= 15 is 0 Å². The molecule has 0 bridgehead atoms. The minimum atomic E-state index is -0.522. The number of nitrogens with zero attached hydrogens (tertiary/aromatic N) is 1. The topological polar surface area (TPSA) is 94.6 Å². The number of rotatable bonds is 6. The van der Waals surface area contributed by atoms with Gasteiger partial charge in [-0.2, -0.15) is 0 Å². The molecule has 1 N–H and O–H groups in total. The van der Waals surface area contributed by atoms with Crippen LogP contribution in [0.15, 0.2) is 65.1 Å². The standard InChI is InChI=1S/C18H13FN2O5/c19-12-1-7-15(8-2-12)25-11-16-9-10-17(26-16)18(22)20-13-3-5-14(6-4-13)21(23)24/h1-10H,11H2,(H,20,22). The van der Waals surface area contributed by atoms with E-state index in [0.29, 0.717) is 17.2 Å². The van der Waals surface area contributed by atoms with Crippen LogP contribution < -0.4 is 10.1 Å². The Morgan fingerprint density at radius 2 is 1.77 bits per heavy atom. The number of nitrogens with one attached hydrogen (secondary N) is 1. The highest BCUT2D eigenvalue weighted by atomic mass is 19.1. The molecule has 0 atom stereocenters. The third kappa shape index (κ3) is 4.23. The Kier molecular flexibility index (Phi) is 4.93. The summed E-state index contributed by atoms with van der Waals surface area (Å²) in [6.45, 7) is 0.0798. The average Bonchev–Trinajstić information content (AvgIpc) is 3.11. The lowest BCUT2D eigenvalue weighted by Crippen LogP contribution is -2.10. The van der Waals surface area contributed by atoms with Gasteiger partial charge in [-0.25, -0.2) is 4.39 Å². The Morgan fingerprint density at radius 1 is 1.08 bits per heavy atom. The van der Waals surface area contributed by atoms with Crippen molar-refractivity contribution in [1.29, 1.82) is 0 Å². The normalized spacial score (nSPS) is 10.3. The van der Waals surface area contributed by atoms with Gasteiger partial charge in [0.05, 0.1) is 4.92 Å². The van der Waals surface area contributed by atoms with Gasteiger partial charge in [0.1, 0.15) is 23.9 Å². The first-order valence-corrected chi connectivity index (χ1v) is 7.54. The van der Waals surface area contributed by atoms with Crippen LogP contribution in [-0.2, 0) is 6.61 Å². The molecule has 132 valence electrons. The van der Waals surface area contributed by atoms with Crippen LogP contribution in [0.3, 0.4) is 0 Å². The van der Waals surface area contributed by atoms with Crippen molar-refractivity contribution in [3.8, 4) is 5.75 Å². The monoisotopic (exact) mass is 356 g/mol. The number of benzene rings is 2. The van der Waals surface area contributed by atoms with Gasteiger partial charge >= 0.3 is 0 Å². The van der Waals surface area contributed by atoms with Gasteiger partial charge in [-0.15, -0.1) is 0 Å². The third-order valence-electron chi connectivity index (χ3n) is 3.42. The van der Waals surface area contributed by atoms with Gasteiger partial charge in [0.15, 0.2) is 5.76 Å². The summed E-state index contributed by atoms with van der Waals surface area (Å²) in [5.41, 5.74) is 0.335. The summed E-state index contributed by atoms with van der Waals surface area (Å²) < 4.78 is 23.7. The minimum Gasteiger partial charge on any atom is -0.486 e. The molecule has 1 amide bonds. The number of anilines is 1. The molecule has 0 aliphatic heterocycles. The fraction of sp³-hybridized carbons (Fsp3) is 0.0556.